The van der Waals surface area contributed by atoms with Gasteiger partial charge in [0.25, 0.3) is 5.91 Å². The van der Waals surface area contributed by atoms with Crippen molar-refractivity contribution in [3.63, 3.8) is 0 Å². The summed E-state index contributed by atoms with van der Waals surface area (Å²) in [6.45, 7) is 13.1. The Hall–Kier alpha value is -3.71. The molecule has 56 heavy (non-hydrogen) atoms. The Labute approximate surface area is 334 Å². The summed E-state index contributed by atoms with van der Waals surface area (Å²) in [6.07, 6.45) is 11.0. The van der Waals surface area contributed by atoms with E-state index in [1.165, 1.54) is 4.90 Å². The molecule has 4 aliphatic rings. The predicted octanol–water partition coefficient (Wildman–Crippen LogP) is 4.24. The van der Waals surface area contributed by atoms with Crippen LogP contribution in [0.2, 0.25) is 0 Å². The van der Waals surface area contributed by atoms with Crippen molar-refractivity contribution in [2.45, 2.75) is 168 Å². The molecule has 0 unspecified atom stereocenters. The highest BCUT2D eigenvalue weighted by atomic mass is 16.6. The SMILES string of the molecule is CN(C)C(=O)[C@@H](NC(=O)CNC(=O)C(=O)[C@H]1CCCCCCCCCC(C)(C)[C@@H](NC(=O)OC(C)(C)C)C(=O)N2C[C@H]3[C@@H]([C@H]2C(=O)N1)C3(C)C)C1CCCCC1. The van der Waals surface area contributed by atoms with Crippen LogP contribution in [0.5, 0.6) is 0 Å². The lowest BCUT2D eigenvalue weighted by molar-refractivity contribution is -0.146. The molecule has 2 aliphatic heterocycles. The molecule has 6 amide bonds. The van der Waals surface area contributed by atoms with Gasteiger partial charge < -0.3 is 35.8 Å². The first-order valence-corrected chi connectivity index (χ1v) is 21.1. The molecule has 316 valence electrons. The number of piperidine rings is 1. The fraction of sp³-hybridized carbons (Fsp3) is 0.833. The highest BCUT2D eigenvalue weighted by Gasteiger charge is 2.70. The lowest BCUT2D eigenvalue weighted by atomic mass is 9.78. The molecule has 2 heterocycles. The van der Waals surface area contributed by atoms with Crippen molar-refractivity contribution in [2.75, 3.05) is 27.2 Å². The maximum atomic E-state index is 14.6. The number of fused-ring (bicyclic) bond motifs is 3. The van der Waals surface area contributed by atoms with Gasteiger partial charge in [0.1, 0.15) is 23.7 Å². The standard InChI is InChI=1S/C42H70N6O8/c1-40(2,3)56-39(55)46-34-38(54)48-25-27-30(42(27,6)7)32(48)35(51)44-28(22-18-13-11-10-12-14-19-23-41(34,4)5)33(50)36(52)43-24-29(49)45-31(37(53)47(8)9)26-20-16-15-17-21-26/h26-28,30-32,34H,10-25H2,1-9H3,(H,43,52)(H,44,51)(H,45,49)(H,46,55)/t27-,28+,30-,31-,32-,34-/m0/s1. The van der Waals surface area contributed by atoms with Gasteiger partial charge in [0.2, 0.25) is 29.4 Å². The first kappa shape index (κ1) is 45.0. The van der Waals surface area contributed by atoms with Crippen LogP contribution in [0.1, 0.15) is 138 Å². The Balaban J connectivity index is 1.53. The van der Waals surface area contributed by atoms with E-state index in [1.54, 1.807) is 39.8 Å². The quantitative estimate of drug-likeness (QED) is 0.264. The molecule has 4 fully saturated rings. The molecular formula is C42H70N6O8. The molecule has 0 bridgehead atoms. The summed E-state index contributed by atoms with van der Waals surface area (Å²) in [5.41, 5.74) is -1.67. The molecular weight excluding hydrogens is 716 g/mol. The zero-order valence-corrected chi connectivity index (χ0v) is 35.5. The third-order valence-corrected chi connectivity index (χ3v) is 12.7. The summed E-state index contributed by atoms with van der Waals surface area (Å²) >= 11 is 0. The smallest absolute Gasteiger partial charge is 0.408 e. The van der Waals surface area contributed by atoms with Gasteiger partial charge in [0.15, 0.2) is 0 Å². The van der Waals surface area contributed by atoms with Gasteiger partial charge in [-0.05, 0) is 75.0 Å². The largest absolute Gasteiger partial charge is 0.444 e. The molecule has 2 aliphatic carbocycles. The van der Waals surface area contributed by atoms with Crippen molar-refractivity contribution in [3.05, 3.63) is 0 Å². The zero-order valence-electron chi connectivity index (χ0n) is 35.5. The van der Waals surface area contributed by atoms with E-state index in [2.05, 4.69) is 35.1 Å². The van der Waals surface area contributed by atoms with E-state index in [-0.39, 0.29) is 41.4 Å². The summed E-state index contributed by atoms with van der Waals surface area (Å²) < 4.78 is 5.58. The molecule has 0 aromatic carbocycles. The van der Waals surface area contributed by atoms with Crippen LogP contribution < -0.4 is 21.3 Å². The molecule has 4 N–H and O–H groups in total. The fourth-order valence-corrected chi connectivity index (χ4v) is 9.24. The van der Waals surface area contributed by atoms with Gasteiger partial charge in [-0.3, -0.25) is 28.8 Å². The van der Waals surface area contributed by atoms with E-state index >= 15 is 0 Å². The minimum atomic E-state index is -1.17. The number of carbonyl (C=O) groups excluding carboxylic acids is 7. The molecule has 14 heteroatoms. The van der Waals surface area contributed by atoms with E-state index in [4.69, 9.17) is 4.74 Å². The van der Waals surface area contributed by atoms with Crippen molar-refractivity contribution in [1.82, 2.24) is 31.1 Å². The number of Topliss-reactive ketones (excluding diaryl/α,β-unsaturated/α-hetero) is 1. The van der Waals surface area contributed by atoms with Crippen molar-refractivity contribution in [1.29, 1.82) is 0 Å². The number of rotatable bonds is 8. The highest BCUT2D eigenvalue weighted by molar-refractivity contribution is 6.38. The van der Waals surface area contributed by atoms with Crippen molar-refractivity contribution >= 4 is 41.4 Å². The van der Waals surface area contributed by atoms with Crippen molar-refractivity contribution in [3.8, 4) is 0 Å². The molecule has 0 aromatic heterocycles. The van der Waals surface area contributed by atoms with Gasteiger partial charge in [-0.25, -0.2) is 4.79 Å². The van der Waals surface area contributed by atoms with Crippen LogP contribution in [0.25, 0.3) is 0 Å². The van der Waals surface area contributed by atoms with E-state index in [0.717, 1.165) is 70.6 Å². The van der Waals surface area contributed by atoms with Crippen LogP contribution in [-0.4, -0.2) is 108 Å². The second-order valence-electron chi connectivity index (χ2n) is 19.3. The molecule has 6 atom stereocenters. The van der Waals surface area contributed by atoms with E-state index < -0.39 is 71.3 Å². The van der Waals surface area contributed by atoms with Gasteiger partial charge in [0, 0.05) is 20.6 Å². The molecule has 2 saturated carbocycles. The van der Waals surface area contributed by atoms with Gasteiger partial charge in [-0.1, -0.05) is 91.9 Å². The molecule has 4 rings (SSSR count). The number of ether oxygens (including phenoxy) is 1. The summed E-state index contributed by atoms with van der Waals surface area (Å²) in [6, 6.07) is -3.77. The average molecular weight is 787 g/mol. The van der Waals surface area contributed by atoms with Gasteiger partial charge in [0.05, 0.1) is 12.6 Å². The monoisotopic (exact) mass is 787 g/mol. The molecule has 0 radical (unpaired) electrons. The number of likely N-dealkylation sites (N-methyl/N-ethyl adjacent to an activating group) is 1. The fourth-order valence-electron chi connectivity index (χ4n) is 9.24. The van der Waals surface area contributed by atoms with Crippen LogP contribution in [-0.2, 0) is 33.5 Å². The Morgan fingerprint density at radius 1 is 0.875 bits per heavy atom. The number of hydrogen-bond acceptors (Lipinski definition) is 8. The Morgan fingerprint density at radius 2 is 1.45 bits per heavy atom. The van der Waals surface area contributed by atoms with E-state index in [0.29, 0.717) is 19.4 Å². The van der Waals surface area contributed by atoms with Gasteiger partial charge >= 0.3 is 6.09 Å². The molecule has 0 aromatic rings. The van der Waals surface area contributed by atoms with Crippen LogP contribution in [0, 0.1) is 28.6 Å². The number of nitrogens with zero attached hydrogens (tertiary/aromatic N) is 2. The lowest BCUT2D eigenvalue weighted by Crippen LogP contribution is -2.61. The average Bonchev–Trinajstić information content (AvgIpc) is 3.42. The molecule has 14 nitrogen and oxygen atoms in total. The normalized spacial score (nSPS) is 27.9. The topological polar surface area (TPSA) is 183 Å². The number of hydrogen-bond donors (Lipinski definition) is 4. The maximum Gasteiger partial charge on any atom is 0.408 e. The maximum absolute atomic E-state index is 14.6. The summed E-state index contributed by atoms with van der Waals surface area (Å²) in [4.78, 5) is 98.4. The van der Waals surface area contributed by atoms with Crippen LogP contribution in [0.15, 0.2) is 0 Å². The summed E-state index contributed by atoms with van der Waals surface area (Å²) in [5, 5.41) is 11.0. The van der Waals surface area contributed by atoms with Gasteiger partial charge in [-0.15, -0.1) is 0 Å². The van der Waals surface area contributed by atoms with Crippen LogP contribution >= 0.6 is 0 Å². The Kier molecular flexibility index (Phi) is 15.0. The van der Waals surface area contributed by atoms with Crippen molar-refractivity contribution in [2.24, 2.45) is 28.6 Å². The summed E-state index contributed by atoms with van der Waals surface area (Å²) in [7, 11) is 3.28. The van der Waals surface area contributed by atoms with Crippen molar-refractivity contribution < 1.29 is 38.3 Å². The third kappa shape index (κ3) is 11.5. The first-order valence-electron chi connectivity index (χ1n) is 21.1. The molecule has 2 saturated heterocycles. The number of nitrogens with one attached hydrogen (secondary N) is 4. The second kappa shape index (κ2) is 18.7. The number of ketones is 1. The zero-order chi connectivity index (χ0) is 41.6. The molecule has 0 spiro atoms. The van der Waals surface area contributed by atoms with Crippen LogP contribution in [0.4, 0.5) is 4.79 Å². The van der Waals surface area contributed by atoms with E-state index in [9.17, 15) is 33.6 Å². The minimum Gasteiger partial charge on any atom is -0.444 e. The van der Waals surface area contributed by atoms with E-state index in [1.807, 2.05) is 13.8 Å². The second-order valence-corrected chi connectivity index (χ2v) is 19.3. The first-order chi connectivity index (χ1) is 26.2. The lowest BCUT2D eigenvalue weighted by Gasteiger charge is -2.39. The highest BCUT2D eigenvalue weighted by Crippen LogP contribution is 2.65. The minimum absolute atomic E-state index is 0.00886. The number of amides is 6. The Bertz CT molecular complexity index is 1460. The summed E-state index contributed by atoms with van der Waals surface area (Å²) in [5.74, 6) is -3.69. The predicted molar refractivity (Wildman–Crippen MR) is 212 cm³/mol. The Morgan fingerprint density at radius 3 is 2.05 bits per heavy atom. The number of alkyl carbamates (subject to hydrolysis) is 1. The third-order valence-electron chi connectivity index (χ3n) is 12.7. The van der Waals surface area contributed by atoms with Gasteiger partial charge in [-0.2, -0.15) is 0 Å². The number of carbonyl (C=O) groups is 7. The van der Waals surface area contributed by atoms with Crippen LogP contribution in [0.3, 0.4) is 0 Å².